The molecule has 3 heterocycles. The minimum absolute atomic E-state index is 0.724. The van der Waals surface area contributed by atoms with Crippen LogP contribution in [0.15, 0.2) is 42.7 Å². The number of piperazine rings is 1. The Bertz CT molecular complexity index is 1020. The smallest absolute Gasteiger partial charge is 0.490 e. The van der Waals surface area contributed by atoms with Crippen molar-refractivity contribution in [1.82, 2.24) is 25.0 Å². The third-order valence-corrected chi connectivity index (χ3v) is 4.99. The van der Waals surface area contributed by atoms with Crippen LogP contribution >= 0.6 is 0 Å². The fraction of sp³-hybridized carbons (Fsp3) is 0.381. The molecule has 2 N–H and O–H groups in total. The van der Waals surface area contributed by atoms with Gasteiger partial charge in [-0.3, -0.25) is 15.0 Å². The number of hydrogen-bond donors (Lipinski definition) is 2. The van der Waals surface area contributed by atoms with E-state index in [-0.39, 0.29) is 0 Å². The van der Waals surface area contributed by atoms with Crippen molar-refractivity contribution in [2.75, 3.05) is 46.4 Å². The van der Waals surface area contributed by atoms with Crippen molar-refractivity contribution < 1.29 is 27.8 Å². The maximum atomic E-state index is 10.6. The number of aromatic amines is 1. The number of H-pyrrole nitrogens is 1. The number of carboxylic acid groups (broad SMARTS) is 1. The monoisotopic (exact) mass is 451 g/mol. The lowest BCUT2D eigenvalue weighted by Crippen LogP contribution is -2.45. The van der Waals surface area contributed by atoms with Gasteiger partial charge in [0.15, 0.2) is 0 Å². The molecule has 1 aromatic carbocycles. The average molecular weight is 451 g/mol. The van der Waals surface area contributed by atoms with Crippen LogP contribution in [0, 0.1) is 0 Å². The first-order valence-corrected chi connectivity index (χ1v) is 9.96. The number of nitrogens with one attached hydrogen (secondary N) is 1. The SMILES string of the molecule is CN1CCN(CCOc2ccc(-c3cc4[nH]ncc4cn3)cc2)CC1.O=C(O)C(F)(F)F. The van der Waals surface area contributed by atoms with Gasteiger partial charge in [-0.05, 0) is 37.4 Å². The quantitative estimate of drug-likeness (QED) is 0.616. The van der Waals surface area contributed by atoms with Gasteiger partial charge >= 0.3 is 12.1 Å². The molecule has 32 heavy (non-hydrogen) atoms. The van der Waals surface area contributed by atoms with Gasteiger partial charge in [-0.1, -0.05) is 0 Å². The summed E-state index contributed by atoms with van der Waals surface area (Å²) in [6.45, 7) is 6.24. The Balaban J connectivity index is 0.000000360. The molecule has 0 atom stereocenters. The number of hydrogen-bond acceptors (Lipinski definition) is 6. The van der Waals surface area contributed by atoms with Crippen LogP contribution in [0.25, 0.3) is 22.2 Å². The van der Waals surface area contributed by atoms with Crippen LogP contribution in [0.5, 0.6) is 5.75 Å². The fourth-order valence-electron chi connectivity index (χ4n) is 3.08. The lowest BCUT2D eigenvalue weighted by atomic mass is 10.1. The molecule has 2 aromatic heterocycles. The number of carbonyl (C=O) groups is 1. The number of fused-ring (bicyclic) bond motifs is 1. The third-order valence-electron chi connectivity index (χ3n) is 4.99. The van der Waals surface area contributed by atoms with Crippen LogP contribution in [0.2, 0.25) is 0 Å². The highest BCUT2D eigenvalue weighted by molar-refractivity contribution is 5.81. The zero-order chi connectivity index (χ0) is 23.1. The second kappa shape index (κ2) is 10.4. The molecule has 0 radical (unpaired) electrons. The Morgan fingerprint density at radius 3 is 2.44 bits per heavy atom. The Morgan fingerprint density at radius 1 is 1.16 bits per heavy atom. The van der Waals surface area contributed by atoms with Crippen molar-refractivity contribution in [3.8, 4) is 17.0 Å². The summed E-state index contributed by atoms with van der Waals surface area (Å²) in [6, 6.07) is 10.1. The molecule has 8 nitrogen and oxygen atoms in total. The molecule has 4 rings (SSSR count). The number of benzene rings is 1. The predicted octanol–water partition coefficient (Wildman–Crippen LogP) is 2.88. The van der Waals surface area contributed by atoms with E-state index in [1.807, 2.05) is 24.4 Å². The van der Waals surface area contributed by atoms with Crippen LogP contribution in [0.3, 0.4) is 0 Å². The number of aliphatic carboxylic acids is 1. The van der Waals surface area contributed by atoms with Gasteiger partial charge in [0, 0.05) is 49.9 Å². The zero-order valence-corrected chi connectivity index (χ0v) is 17.5. The van der Waals surface area contributed by atoms with Crippen molar-refractivity contribution in [2.45, 2.75) is 6.18 Å². The standard InChI is InChI=1S/C19H23N5O.C2HF3O2/c1-23-6-8-24(9-7-23)10-11-25-17-4-2-15(3-5-17)18-12-19-16(13-20-18)14-21-22-19;3-2(4,5)1(6)7/h2-5,12-14H,6-11H2,1H3,(H,21,22);(H,6,7). The molecule has 172 valence electrons. The molecule has 1 saturated heterocycles. The number of halogens is 3. The summed E-state index contributed by atoms with van der Waals surface area (Å²) >= 11 is 0. The van der Waals surface area contributed by atoms with E-state index in [0.29, 0.717) is 0 Å². The number of ether oxygens (including phenoxy) is 1. The van der Waals surface area contributed by atoms with Gasteiger partial charge in [-0.15, -0.1) is 0 Å². The summed E-state index contributed by atoms with van der Waals surface area (Å²) in [5.74, 6) is -1.85. The molecule has 0 unspecified atom stereocenters. The predicted molar refractivity (Wildman–Crippen MR) is 112 cm³/mol. The van der Waals surface area contributed by atoms with Gasteiger partial charge in [0.05, 0.1) is 17.4 Å². The van der Waals surface area contributed by atoms with Gasteiger partial charge in [0.2, 0.25) is 0 Å². The van der Waals surface area contributed by atoms with E-state index in [1.165, 1.54) is 0 Å². The molecule has 3 aromatic rings. The topological polar surface area (TPSA) is 94.6 Å². The van der Waals surface area contributed by atoms with Crippen molar-refractivity contribution in [3.05, 3.63) is 42.7 Å². The molecule has 0 spiro atoms. The zero-order valence-electron chi connectivity index (χ0n) is 17.5. The Kier molecular flexibility index (Phi) is 7.65. The minimum atomic E-state index is -5.08. The van der Waals surface area contributed by atoms with Gasteiger partial charge < -0.3 is 14.7 Å². The molecular weight excluding hydrogens is 427 g/mol. The number of nitrogens with zero attached hydrogens (tertiary/aromatic N) is 4. The first-order valence-electron chi connectivity index (χ1n) is 9.96. The maximum absolute atomic E-state index is 10.6. The lowest BCUT2D eigenvalue weighted by molar-refractivity contribution is -0.192. The molecule has 0 amide bonds. The molecule has 1 aliphatic rings. The van der Waals surface area contributed by atoms with Crippen molar-refractivity contribution in [2.24, 2.45) is 0 Å². The van der Waals surface area contributed by atoms with E-state index in [0.717, 1.165) is 67.2 Å². The number of pyridine rings is 1. The van der Waals surface area contributed by atoms with Crippen LogP contribution < -0.4 is 4.74 Å². The second-order valence-electron chi connectivity index (χ2n) is 7.35. The number of rotatable bonds is 5. The van der Waals surface area contributed by atoms with E-state index in [2.05, 4.69) is 44.2 Å². The van der Waals surface area contributed by atoms with Crippen LogP contribution in [0.4, 0.5) is 13.2 Å². The molecule has 1 aliphatic heterocycles. The summed E-state index contributed by atoms with van der Waals surface area (Å²) in [6.07, 6.45) is -1.46. The van der Waals surface area contributed by atoms with E-state index >= 15 is 0 Å². The molecular formula is C21H24F3N5O3. The van der Waals surface area contributed by atoms with E-state index in [1.54, 1.807) is 6.20 Å². The van der Waals surface area contributed by atoms with Gasteiger partial charge in [-0.25, -0.2) is 4.79 Å². The summed E-state index contributed by atoms with van der Waals surface area (Å²) in [4.78, 5) is 18.2. The van der Waals surface area contributed by atoms with Gasteiger partial charge in [0.1, 0.15) is 12.4 Å². The van der Waals surface area contributed by atoms with Crippen LogP contribution in [-0.4, -0.2) is 88.6 Å². The Hall–Kier alpha value is -3.18. The van der Waals surface area contributed by atoms with Gasteiger partial charge in [-0.2, -0.15) is 18.3 Å². The number of likely N-dealkylation sites (N-methyl/N-ethyl adjacent to an activating group) is 1. The van der Waals surface area contributed by atoms with Crippen LogP contribution in [0.1, 0.15) is 0 Å². The molecule has 1 fully saturated rings. The Labute approximate surface area is 182 Å². The summed E-state index contributed by atoms with van der Waals surface area (Å²) < 4.78 is 37.6. The molecule has 0 bridgehead atoms. The first-order chi connectivity index (χ1) is 15.2. The number of carboxylic acids is 1. The van der Waals surface area contributed by atoms with E-state index < -0.39 is 12.1 Å². The Morgan fingerprint density at radius 2 is 1.81 bits per heavy atom. The second-order valence-corrected chi connectivity index (χ2v) is 7.35. The largest absolute Gasteiger partial charge is 0.492 e. The highest BCUT2D eigenvalue weighted by Crippen LogP contribution is 2.23. The summed E-state index contributed by atoms with van der Waals surface area (Å²) in [5.41, 5.74) is 3.00. The fourth-order valence-corrected chi connectivity index (χ4v) is 3.08. The van der Waals surface area contributed by atoms with E-state index in [4.69, 9.17) is 14.6 Å². The number of alkyl halides is 3. The summed E-state index contributed by atoms with van der Waals surface area (Å²) in [5, 5.41) is 15.2. The van der Waals surface area contributed by atoms with E-state index in [9.17, 15) is 13.2 Å². The van der Waals surface area contributed by atoms with Crippen molar-refractivity contribution in [1.29, 1.82) is 0 Å². The van der Waals surface area contributed by atoms with Crippen molar-refractivity contribution in [3.63, 3.8) is 0 Å². The maximum Gasteiger partial charge on any atom is 0.490 e. The molecule has 0 aliphatic carbocycles. The molecule has 0 saturated carbocycles. The minimum Gasteiger partial charge on any atom is -0.492 e. The highest BCUT2D eigenvalue weighted by atomic mass is 19.4. The first kappa shape index (κ1) is 23.5. The van der Waals surface area contributed by atoms with Crippen LogP contribution in [-0.2, 0) is 4.79 Å². The number of aromatic nitrogens is 3. The lowest BCUT2D eigenvalue weighted by Gasteiger charge is -2.32. The third kappa shape index (κ3) is 6.66. The van der Waals surface area contributed by atoms with Crippen molar-refractivity contribution >= 4 is 16.9 Å². The van der Waals surface area contributed by atoms with Gasteiger partial charge in [0.25, 0.3) is 0 Å². The highest BCUT2D eigenvalue weighted by Gasteiger charge is 2.38. The normalized spacial score (nSPS) is 15.2. The molecule has 11 heteroatoms. The average Bonchev–Trinajstić information content (AvgIpc) is 3.23. The summed E-state index contributed by atoms with van der Waals surface area (Å²) in [7, 11) is 2.17.